The summed E-state index contributed by atoms with van der Waals surface area (Å²) in [4.78, 5) is 21.7. The highest BCUT2D eigenvalue weighted by molar-refractivity contribution is 6.00. The molecule has 0 aliphatic heterocycles. The standard InChI is InChI=1S/C14H14F3NO2/c1-10(19)18-8-3-2-5-11-6-4-7-12(9-11)13(20)14(15,16)17/h2,4-7,9H,3,8H2,1H3,(H,18,19). The van der Waals surface area contributed by atoms with Crippen molar-refractivity contribution in [1.82, 2.24) is 5.32 Å². The van der Waals surface area contributed by atoms with Gasteiger partial charge in [0.25, 0.3) is 5.78 Å². The number of hydrogen-bond acceptors (Lipinski definition) is 2. The Balaban J connectivity index is 2.67. The molecular weight excluding hydrogens is 271 g/mol. The third-order valence-electron chi connectivity index (χ3n) is 2.40. The molecule has 0 aliphatic rings. The fourth-order valence-corrected chi connectivity index (χ4v) is 1.50. The SMILES string of the molecule is CC(=O)NCCC=Cc1cccc(C(=O)C(F)(F)F)c1. The van der Waals surface area contributed by atoms with Gasteiger partial charge in [-0.15, -0.1) is 0 Å². The average Bonchev–Trinajstić information content (AvgIpc) is 2.36. The van der Waals surface area contributed by atoms with Crippen LogP contribution in [-0.2, 0) is 4.79 Å². The Morgan fingerprint density at radius 3 is 2.60 bits per heavy atom. The van der Waals surface area contributed by atoms with Gasteiger partial charge in [0, 0.05) is 19.0 Å². The van der Waals surface area contributed by atoms with E-state index in [-0.39, 0.29) is 11.5 Å². The van der Waals surface area contributed by atoms with E-state index in [1.165, 1.54) is 19.1 Å². The molecule has 0 aliphatic carbocycles. The molecule has 0 fully saturated rings. The van der Waals surface area contributed by atoms with Crippen molar-refractivity contribution in [3.63, 3.8) is 0 Å². The molecule has 0 unspecified atom stereocenters. The second-order valence-corrected chi connectivity index (χ2v) is 4.13. The predicted molar refractivity (Wildman–Crippen MR) is 69.2 cm³/mol. The highest BCUT2D eigenvalue weighted by Gasteiger charge is 2.39. The first-order chi connectivity index (χ1) is 9.30. The lowest BCUT2D eigenvalue weighted by Gasteiger charge is -2.05. The fourth-order valence-electron chi connectivity index (χ4n) is 1.50. The van der Waals surface area contributed by atoms with Gasteiger partial charge in [-0.2, -0.15) is 13.2 Å². The third-order valence-corrected chi connectivity index (χ3v) is 2.40. The maximum atomic E-state index is 12.3. The van der Waals surface area contributed by atoms with Crippen LogP contribution in [0.25, 0.3) is 6.08 Å². The molecule has 0 aromatic heterocycles. The highest BCUT2D eigenvalue weighted by Crippen LogP contribution is 2.22. The Bertz CT molecular complexity index is 521. The second-order valence-electron chi connectivity index (χ2n) is 4.13. The summed E-state index contributed by atoms with van der Waals surface area (Å²) in [6, 6.07) is 5.31. The van der Waals surface area contributed by atoms with Crippen molar-refractivity contribution in [1.29, 1.82) is 0 Å². The Kier molecular flexibility index (Phi) is 5.49. The molecule has 0 spiro atoms. The number of rotatable bonds is 5. The van der Waals surface area contributed by atoms with Gasteiger partial charge in [-0.25, -0.2) is 0 Å². The molecule has 1 rings (SSSR count). The Labute approximate surface area is 114 Å². The zero-order valence-corrected chi connectivity index (χ0v) is 10.8. The number of hydrogen-bond donors (Lipinski definition) is 1. The Morgan fingerprint density at radius 2 is 2.00 bits per heavy atom. The number of nitrogens with one attached hydrogen (secondary N) is 1. The number of ketones is 1. The molecule has 108 valence electrons. The van der Waals surface area contributed by atoms with E-state index >= 15 is 0 Å². The van der Waals surface area contributed by atoms with E-state index in [0.717, 1.165) is 6.07 Å². The molecule has 1 aromatic rings. The van der Waals surface area contributed by atoms with Gasteiger partial charge in [0.1, 0.15) is 0 Å². The van der Waals surface area contributed by atoms with Crippen LogP contribution in [0, 0.1) is 0 Å². The van der Waals surface area contributed by atoms with Gasteiger partial charge in [0.05, 0.1) is 0 Å². The molecule has 0 bridgehead atoms. The van der Waals surface area contributed by atoms with E-state index in [9.17, 15) is 22.8 Å². The van der Waals surface area contributed by atoms with E-state index < -0.39 is 12.0 Å². The smallest absolute Gasteiger partial charge is 0.356 e. The topological polar surface area (TPSA) is 46.2 Å². The molecule has 6 heteroatoms. The maximum Gasteiger partial charge on any atom is 0.454 e. The number of halogens is 3. The van der Waals surface area contributed by atoms with Crippen molar-refractivity contribution in [3.8, 4) is 0 Å². The third kappa shape index (κ3) is 5.26. The molecule has 0 saturated carbocycles. The molecule has 0 atom stereocenters. The Morgan fingerprint density at radius 1 is 1.30 bits per heavy atom. The van der Waals surface area contributed by atoms with E-state index in [4.69, 9.17) is 0 Å². The zero-order valence-electron chi connectivity index (χ0n) is 10.8. The van der Waals surface area contributed by atoms with Crippen LogP contribution in [-0.4, -0.2) is 24.4 Å². The molecule has 0 heterocycles. The normalized spacial score (nSPS) is 11.6. The van der Waals surface area contributed by atoms with E-state index in [1.54, 1.807) is 18.2 Å². The highest BCUT2D eigenvalue weighted by atomic mass is 19.4. The molecule has 20 heavy (non-hydrogen) atoms. The van der Waals surface area contributed by atoms with E-state index in [1.807, 2.05) is 0 Å². The number of Topliss-reactive ketones (excluding diaryl/α,β-unsaturated/α-hetero) is 1. The van der Waals surface area contributed by atoms with Crippen LogP contribution in [0.3, 0.4) is 0 Å². The first-order valence-electron chi connectivity index (χ1n) is 5.93. The lowest BCUT2D eigenvalue weighted by molar-refractivity contribution is -0.118. The van der Waals surface area contributed by atoms with Crippen LogP contribution in [0.4, 0.5) is 13.2 Å². The molecule has 1 amide bonds. The van der Waals surface area contributed by atoms with Crippen molar-refractivity contribution in [2.24, 2.45) is 0 Å². The molecule has 3 nitrogen and oxygen atoms in total. The zero-order chi connectivity index (χ0) is 15.2. The minimum Gasteiger partial charge on any atom is -0.356 e. The van der Waals surface area contributed by atoms with Crippen molar-refractivity contribution in [2.45, 2.75) is 19.5 Å². The quantitative estimate of drug-likeness (QED) is 0.668. The monoisotopic (exact) mass is 285 g/mol. The summed E-state index contributed by atoms with van der Waals surface area (Å²) in [5, 5.41) is 2.59. The van der Waals surface area contributed by atoms with Crippen LogP contribution in [0.2, 0.25) is 0 Å². The number of carbonyl (C=O) groups excluding carboxylic acids is 2. The molecule has 1 N–H and O–H groups in total. The minimum atomic E-state index is -4.87. The second kappa shape index (κ2) is 6.88. The van der Waals surface area contributed by atoms with Crippen LogP contribution in [0.5, 0.6) is 0 Å². The van der Waals surface area contributed by atoms with Gasteiger partial charge in [-0.05, 0) is 18.1 Å². The number of amides is 1. The van der Waals surface area contributed by atoms with Crippen molar-refractivity contribution in [2.75, 3.05) is 6.54 Å². The van der Waals surface area contributed by atoms with Gasteiger partial charge in [-0.1, -0.05) is 30.4 Å². The first-order valence-corrected chi connectivity index (χ1v) is 5.93. The average molecular weight is 285 g/mol. The molecular formula is C14H14F3NO2. The molecule has 1 aromatic carbocycles. The first kappa shape index (κ1) is 15.9. The van der Waals surface area contributed by atoms with E-state index in [0.29, 0.717) is 18.5 Å². The summed E-state index contributed by atoms with van der Waals surface area (Å²) in [6.07, 6.45) is -0.993. The van der Waals surface area contributed by atoms with E-state index in [2.05, 4.69) is 5.32 Å². The summed E-state index contributed by atoms with van der Waals surface area (Å²) >= 11 is 0. The molecule has 0 saturated heterocycles. The fraction of sp³-hybridized carbons (Fsp3) is 0.286. The lowest BCUT2D eigenvalue weighted by Crippen LogP contribution is -2.22. The minimum absolute atomic E-state index is 0.142. The summed E-state index contributed by atoms with van der Waals surface area (Å²) in [5.74, 6) is -2.00. The van der Waals surface area contributed by atoms with Gasteiger partial charge < -0.3 is 5.32 Å². The van der Waals surface area contributed by atoms with Crippen LogP contribution >= 0.6 is 0 Å². The maximum absolute atomic E-state index is 12.3. The molecule has 0 radical (unpaired) electrons. The largest absolute Gasteiger partial charge is 0.454 e. The van der Waals surface area contributed by atoms with Crippen molar-refractivity contribution >= 4 is 17.8 Å². The van der Waals surface area contributed by atoms with Crippen molar-refractivity contribution < 1.29 is 22.8 Å². The van der Waals surface area contributed by atoms with Gasteiger partial charge in [0.15, 0.2) is 0 Å². The number of carbonyl (C=O) groups is 2. The summed E-state index contributed by atoms with van der Waals surface area (Å²) in [7, 11) is 0. The van der Waals surface area contributed by atoms with Gasteiger partial charge >= 0.3 is 6.18 Å². The summed E-state index contributed by atoms with van der Waals surface area (Å²) < 4.78 is 36.9. The summed E-state index contributed by atoms with van der Waals surface area (Å²) in [5.41, 5.74) is 0.115. The van der Waals surface area contributed by atoms with Crippen LogP contribution in [0.15, 0.2) is 30.3 Å². The lowest BCUT2D eigenvalue weighted by atomic mass is 10.1. The van der Waals surface area contributed by atoms with Gasteiger partial charge in [-0.3, -0.25) is 9.59 Å². The van der Waals surface area contributed by atoms with Crippen LogP contribution in [0.1, 0.15) is 29.3 Å². The number of alkyl halides is 3. The van der Waals surface area contributed by atoms with Crippen LogP contribution < -0.4 is 5.32 Å². The predicted octanol–water partition coefficient (Wildman–Crippen LogP) is 2.97. The van der Waals surface area contributed by atoms with Gasteiger partial charge in [0.2, 0.25) is 5.91 Å². The Hall–Kier alpha value is -2.11. The number of benzene rings is 1. The summed E-state index contributed by atoms with van der Waals surface area (Å²) in [6.45, 7) is 1.85. The van der Waals surface area contributed by atoms with Crippen molar-refractivity contribution in [3.05, 3.63) is 41.5 Å².